The number of aromatic nitrogens is 1. The van der Waals surface area contributed by atoms with E-state index in [0.717, 1.165) is 63.2 Å². The number of amides is 1. The Labute approximate surface area is 138 Å². The molecule has 0 radical (unpaired) electrons. The van der Waals surface area contributed by atoms with Gasteiger partial charge in [-0.1, -0.05) is 6.92 Å². The molecule has 1 aromatic heterocycles. The fourth-order valence-corrected chi connectivity index (χ4v) is 3.82. The highest BCUT2D eigenvalue weighted by molar-refractivity contribution is 5.73. The number of aryl methyl sites for hydroxylation is 2. The van der Waals surface area contributed by atoms with E-state index in [1.165, 1.54) is 0 Å². The Balaban J connectivity index is 1.55. The molecule has 6 nitrogen and oxygen atoms in total. The highest BCUT2D eigenvalue weighted by Gasteiger charge is 2.35. The standard InChI is InChI=1S/C17H28N4O2/c1-12-9-19(11-17-18-13(2)14(3)23-17)10-16(12)21-7-5-20(6-8-21)15(4)22/h12,16H,5-11H2,1-4H3/t12-,16+/m1/s1. The average Bonchev–Trinajstić information content (AvgIpc) is 3.02. The maximum absolute atomic E-state index is 11.5. The molecular formula is C17H28N4O2. The summed E-state index contributed by atoms with van der Waals surface area (Å²) in [4.78, 5) is 22.9. The lowest BCUT2D eigenvalue weighted by atomic mass is 10.0. The fourth-order valence-electron chi connectivity index (χ4n) is 3.82. The van der Waals surface area contributed by atoms with E-state index in [9.17, 15) is 4.79 Å². The molecule has 0 unspecified atom stereocenters. The molecule has 2 saturated heterocycles. The predicted octanol–water partition coefficient (Wildman–Crippen LogP) is 1.28. The summed E-state index contributed by atoms with van der Waals surface area (Å²) in [6, 6.07) is 0.571. The third kappa shape index (κ3) is 3.58. The Hall–Kier alpha value is -1.40. The van der Waals surface area contributed by atoms with Crippen LogP contribution in [0.25, 0.3) is 0 Å². The van der Waals surface area contributed by atoms with Gasteiger partial charge < -0.3 is 9.32 Å². The second-order valence-corrected chi connectivity index (χ2v) is 7.03. The minimum Gasteiger partial charge on any atom is -0.444 e. The molecule has 2 fully saturated rings. The predicted molar refractivity (Wildman–Crippen MR) is 88.0 cm³/mol. The van der Waals surface area contributed by atoms with Crippen molar-refractivity contribution in [2.75, 3.05) is 39.3 Å². The highest BCUT2D eigenvalue weighted by Crippen LogP contribution is 2.24. The molecule has 0 bridgehead atoms. The van der Waals surface area contributed by atoms with Crippen LogP contribution in [0.15, 0.2) is 4.42 Å². The molecule has 23 heavy (non-hydrogen) atoms. The molecule has 0 aliphatic carbocycles. The molecule has 0 aromatic carbocycles. The van der Waals surface area contributed by atoms with Crippen molar-refractivity contribution in [3.05, 3.63) is 17.3 Å². The summed E-state index contributed by atoms with van der Waals surface area (Å²) in [5.41, 5.74) is 0.990. The largest absolute Gasteiger partial charge is 0.444 e. The number of oxazole rings is 1. The molecule has 6 heteroatoms. The van der Waals surface area contributed by atoms with E-state index in [1.807, 2.05) is 18.7 Å². The first kappa shape index (κ1) is 16.5. The van der Waals surface area contributed by atoms with Gasteiger partial charge >= 0.3 is 0 Å². The number of nitrogens with zero attached hydrogens (tertiary/aromatic N) is 4. The van der Waals surface area contributed by atoms with E-state index in [0.29, 0.717) is 12.0 Å². The van der Waals surface area contributed by atoms with Crippen molar-refractivity contribution >= 4 is 5.91 Å². The van der Waals surface area contributed by atoms with Crippen molar-refractivity contribution in [1.82, 2.24) is 19.7 Å². The van der Waals surface area contributed by atoms with Crippen molar-refractivity contribution in [2.24, 2.45) is 5.92 Å². The zero-order valence-corrected chi connectivity index (χ0v) is 14.7. The van der Waals surface area contributed by atoms with Crippen molar-refractivity contribution in [3.63, 3.8) is 0 Å². The molecule has 2 atom stereocenters. The lowest BCUT2D eigenvalue weighted by Gasteiger charge is -2.39. The first-order valence-electron chi connectivity index (χ1n) is 8.59. The highest BCUT2D eigenvalue weighted by atomic mass is 16.4. The Kier molecular flexibility index (Phi) is 4.73. The molecular weight excluding hydrogens is 292 g/mol. The lowest BCUT2D eigenvalue weighted by Crippen LogP contribution is -2.53. The van der Waals surface area contributed by atoms with E-state index >= 15 is 0 Å². The van der Waals surface area contributed by atoms with Gasteiger partial charge in [-0.3, -0.25) is 14.6 Å². The summed E-state index contributed by atoms with van der Waals surface area (Å²) >= 11 is 0. The van der Waals surface area contributed by atoms with Gasteiger partial charge in [0.1, 0.15) is 5.76 Å². The van der Waals surface area contributed by atoms with E-state index in [1.54, 1.807) is 6.92 Å². The van der Waals surface area contributed by atoms with Gasteiger partial charge in [-0.25, -0.2) is 4.98 Å². The molecule has 2 aliphatic heterocycles. The maximum Gasteiger partial charge on any atom is 0.219 e. The molecule has 3 heterocycles. The van der Waals surface area contributed by atoms with Gasteiger partial charge in [0, 0.05) is 52.2 Å². The Morgan fingerprint density at radius 1 is 1.22 bits per heavy atom. The summed E-state index contributed by atoms with van der Waals surface area (Å²) in [6.45, 7) is 14.6. The van der Waals surface area contributed by atoms with Crippen LogP contribution in [0.4, 0.5) is 0 Å². The lowest BCUT2D eigenvalue weighted by molar-refractivity contribution is -0.130. The van der Waals surface area contributed by atoms with Crippen molar-refractivity contribution in [2.45, 2.75) is 40.3 Å². The number of hydrogen-bond acceptors (Lipinski definition) is 5. The van der Waals surface area contributed by atoms with Crippen LogP contribution < -0.4 is 0 Å². The van der Waals surface area contributed by atoms with Crippen LogP contribution in [-0.4, -0.2) is 70.9 Å². The molecule has 128 valence electrons. The number of rotatable bonds is 3. The van der Waals surface area contributed by atoms with E-state index in [4.69, 9.17) is 4.42 Å². The normalized spacial score (nSPS) is 26.9. The molecule has 0 saturated carbocycles. The van der Waals surface area contributed by atoms with Gasteiger partial charge in [0.05, 0.1) is 12.2 Å². The molecule has 0 spiro atoms. The first-order valence-corrected chi connectivity index (χ1v) is 8.59. The summed E-state index contributed by atoms with van der Waals surface area (Å²) in [5, 5.41) is 0. The number of hydrogen-bond donors (Lipinski definition) is 0. The summed E-state index contributed by atoms with van der Waals surface area (Å²) in [5.74, 6) is 2.58. The average molecular weight is 320 g/mol. The number of likely N-dealkylation sites (tertiary alicyclic amines) is 1. The van der Waals surface area contributed by atoms with Gasteiger partial charge in [0.2, 0.25) is 11.8 Å². The zero-order valence-electron chi connectivity index (χ0n) is 14.7. The Morgan fingerprint density at radius 3 is 2.48 bits per heavy atom. The van der Waals surface area contributed by atoms with Crippen LogP contribution in [0.2, 0.25) is 0 Å². The summed E-state index contributed by atoms with van der Waals surface area (Å²) in [6.07, 6.45) is 0. The van der Waals surface area contributed by atoms with E-state index < -0.39 is 0 Å². The minimum absolute atomic E-state index is 0.195. The van der Waals surface area contributed by atoms with Gasteiger partial charge in [-0.05, 0) is 19.8 Å². The SMILES string of the molecule is CC(=O)N1CCN([C@H]2CN(Cc3nc(C)c(C)o3)C[C@H]2C)CC1. The van der Waals surface area contributed by atoms with Crippen LogP contribution >= 0.6 is 0 Å². The van der Waals surface area contributed by atoms with Crippen LogP contribution in [-0.2, 0) is 11.3 Å². The second kappa shape index (κ2) is 6.61. The topological polar surface area (TPSA) is 52.8 Å². The monoisotopic (exact) mass is 320 g/mol. The van der Waals surface area contributed by atoms with Gasteiger partial charge in [-0.2, -0.15) is 0 Å². The van der Waals surface area contributed by atoms with Gasteiger partial charge in [-0.15, -0.1) is 0 Å². The van der Waals surface area contributed by atoms with Crippen LogP contribution in [0.1, 0.15) is 31.2 Å². The fraction of sp³-hybridized carbons (Fsp3) is 0.765. The third-order valence-corrected chi connectivity index (χ3v) is 5.31. The van der Waals surface area contributed by atoms with Gasteiger partial charge in [0.25, 0.3) is 0 Å². The van der Waals surface area contributed by atoms with Crippen molar-refractivity contribution in [3.8, 4) is 0 Å². The summed E-state index contributed by atoms with van der Waals surface area (Å²) < 4.78 is 5.72. The van der Waals surface area contributed by atoms with Crippen molar-refractivity contribution < 1.29 is 9.21 Å². The van der Waals surface area contributed by atoms with Crippen LogP contribution in [0.3, 0.4) is 0 Å². The molecule has 1 aromatic rings. The quantitative estimate of drug-likeness (QED) is 0.840. The number of carbonyl (C=O) groups is 1. The zero-order chi connectivity index (χ0) is 16.6. The number of piperazine rings is 1. The van der Waals surface area contributed by atoms with Crippen LogP contribution in [0.5, 0.6) is 0 Å². The Morgan fingerprint density at radius 2 is 1.91 bits per heavy atom. The van der Waals surface area contributed by atoms with E-state index in [-0.39, 0.29) is 5.91 Å². The first-order chi connectivity index (χ1) is 10.9. The van der Waals surface area contributed by atoms with Crippen LogP contribution in [0, 0.1) is 19.8 Å². The minimum atomic E-state index is 0.195. The van der Waals surface area contributed by atoms with E-state index in [2.05, 4.69) is 21.7 Å². The van der Waals surface area contributed by atoms with Gasteiger partial charge in [0.15, 0.2) is 0 Å². The van der Waals surface area contributed by atoms with Crippen molar-refractivity contribution in [1.29, 1.82) is 0 Å². The second-order valence-electron chi connectivity index (χ2n) is 7.03. The number of carbonyl (C=O) groups excluding carboxylic acids is 1. The molecule has 1 amide bonds. The molecule has 2 aliphatic rings. The third-order valence-electron chi connectivity index (χ3n) is 5.31. The maximum atomic E-state index is 11.5. The summed E-state index contributed by atoms with van der Waals surface area (Å²) in [7, 11) is 0. The molecule has 3 rings (SSSR count). The molecule has 0 N–H and O–H groups in total. The smallest absolute Gasteiger partial charge is 0.219 e. The Bertz CT molecular complexity index is 543.